The maximum atomic E-state index is 13.2. The minimum absolute atomic E-state index is 0.184. The van der Waals surface area contributed by atoms with Crippen molar-refractivity contribution in [3.63, 3.8) is 0 Å². The molecule has 0 unspecified atom stereocenters. The van der Waals surface area contributed by atoms with Gasteiger partial charge in [-0.05, 0) is 23.8 Å². The van der Waals surface area contributed by atoms with Crippen molar-refractivity contribution in [2.75, 3.05) is 40.4 Å². The summed E-state index contributed by atoms with van der Waals surface area (Å²) in [6.07, 6.45) is -4.38. The van der Waals surface area contributed by atoms with E-state index in [-0.39, 0.29) is 18.0 Å². The molecule has 5 nitrogen and oxygen atoms in total. The molecule has 0 saturated carbocycles. The van der Waals surface area contributed by atoms with Crippen molar-refractivity contribution < 1.29 is 27.4 Å². The molecular weight excluding hydrogens is 385 g/mol. The van der Waals surface area contributed by atoms with E-state index in [1.807, 2.05) is 4.90 Å². The van der Waals surface area contributed by atoms with Crippen molar-refractivity contribution in [3.8, 4) is 11.5 Å². The van der Waals surface area contributed by atoms with Gasteiger partial charge in [-0.25, -0.2) is 0 Å². The molecule has 0 spiro atoms. The SMILES string of the molecule is COc1cccc(C(=O)N2CCN(Cc3ccccc3C(F)(F)F)CC2)c1OC. The highest BCUT2D eigenvalue weighted by Crippen LogP contribution is 2.33. The van der Waals surface area contributed by atoms with E-state index in [1.165, 1.54) is 26.4 Å². The maximum absolute atomic E-state index is 13.2. The number of amides is 1. The van der Waals surface area contributed by atoms with Crippen molar-refractivity contribution in [2.24, 2.45) is 0 Å². The van der Waals surface area contributed by atoms with Crippen molar-refractivity contribution in [2.45, 2.75) is 12.7 Å². The van der Waals surface area contributed by atoms with Gasteiger partial charge in [0.15, 0.2) is 11.5 Å². The first-order valence-electron chi connectivity index (χ1n) is 9.23. The third-order valence-electron chi connectivity index (χ3n) is 5.01. The number of hydrogen-bond acceptors (Lipinski definition) is 4. The van der Waals surface area contributed by atoms with E-state index in [4.69, 9.17) is 9.47 Å². The molecule has 0 radical (unpaired) electrons. The zero-order chi connectivity index (χ0) is 21.0. The minimum Gasteiger partial charge on any atom is -0.493 e. The number of piperazine rings is 1. The number of carbonyl (C=O) groups excluding carboxylic acids is 1. The largest absolute Gasteiger partial charge is 0.493 e. The first-order chi connectivity index (χ1) is 13.8. The summed E-state index contributed by atoms with van der Waals surface area (Å²) in [5, 5.41) is 0. The van der Waals surface area contributed by atoms with Crippen molar-refractivity contribution >= 4 is 5.91 Å². The summed E-state index contributed by atoms with van der Waals surface area (Å²) in [7, 11) is 2.98. The summed E-state index contributed by atoms with van der Waals surface area (Å²) < 4.78 is 50.2. The van der Waals surface area contributed by atoms with Crippen LogP contribution >= 0.6 is 0 Å². The summed E-state index contributed by atoms with van der Waals surface area (Å²) >= 11 is 0. The third-order valence-corrected chi connectivity index (χ3v) is 5.01. The topological polar surface area (TPSA) is 42.0 Å². The van der Waals surface area contributed by atoms with Crippen LogP contribution in [0.15, 0.2) is 42.5 Å². The summed E-state index contributed by atoms with van der Waals surface area (Å²) in [5.41, 5.74) is 0.0385. The van der Waals surface area contributed by atoms with Gasteiger partial charge in [-0.2, -0.15) is 13.2 Å². The van der Waals surface area contributed by atoms with Crippen LogP contribution in [0.3, 0.4) is 0 Å². The van der Waals surface area contributed by atoms with E-state index >= 15 is 0 Å². The van der Waals surface area contributed by atoms with Gasteiger partial charge in [-0.1, -0.05) is 24.3 Å². The lowest BCUT2D eigenvalue weighted by molar-refractivity contribution is -0.138. The fraction of sp³-hybridized carbons (Fsp3) is 0.381. The first-order valence-corrected chi connectivity index (χ1v) is 9.23. The van der Waals surface area contributed by atoms with Gasteiger partial charge in [0.2, 0.25) is 0 Å². The van der Waals surface area contributed by atoms with Gasteiger partial charge in [0.05, 0.1) is 25.3 Å². The molecule has 0 aliphatic carbocycles. The Bertz CT molecular complexity index is 862. The Morgan fingerprint density at radius 1 is 0.966 bits per heavy atom. The molecule has 0 aromatic heterocycles. The van der Waals surface area contributed by atoms with E-state index in [1.54, 1.807) is 29.2 Å². The third kappa shape index (κ3) is 4.64. The molecule has 0 bridgehead atoms. The number of halogens is 3. The summed E-state index contributed by atoms with van der Waals surface area (Å²) in [4.78, 5) is 16.5. The molecule has 1 fully saturated rings. The molecular formula is C21H23F3N2O3. The molecule has 1 aliphatic heterocycles. The summed E-state index contributed by atoms with van der Waals surface area (Å²) in [6.45, 7) is 2.02. The van der Waals surface area contributed by atoms with Crippen molar-refractivity contribution in [1.29, 1.82) is 0 Å². The second-order valence-electron chi connectivity index (χ2n) is 6.76. The Labute approximate surface area is 167 Å². The molecule has 0 atom stereocenters. The van der Waals surface area contributed by atoms with Gasteiger partial charge in [0.25, 0.3) is 5.91 Å². The van der Waals surface area contributed by atoms with Gasteiger partial charge >= 0.3 is 6.18 Å². The van der Waals surface area contributed by atoms with E-state index in [0.29, 0.717) is 43.2 Å². The minimum atomic E-state index is -4.38. The Hall–Kier alpha value is -2.74. The molecule has 2 aromatic rings. The fourth-order valence-electron chi connectivity index (χ4n) is 3.51. The lowest BCUT2D eigenvalue weighted by Gasteiger charge is -2.35. The number of methoxy groups -OCH3 is 2. The molecule has 1 heterocycles. The maximum Gasteiger partial charge on any atom is 0.416 e. The van der Waals surface area contributed by atoms with E-state index < -0.39 is 11.7 Å². The fourth-order valence-corrected chi connectivity index (χ4v) is 3.51. The van der Waals surface area contributed by atoms with E-state index in [9.17, 15) is 18.0 Å². The van der Waals surface area contributed by atoms with Gasteiger partial charge in [0, 0.05) is 32.7 Å². The van der Waals surface area contributed by atoms with Gasteiger partial charge in [0.1, 0.15) is 0 Å². The molecule has 156 valence electrons. The molecule has 29 heavy (non-hydrogen) atoms. The number of hydrogen-bond donors (Lipinski definition) is 0. The van der Waals surface area contributed by atoms with Crippen molar-refractivity contribution in [3.05, 3.63) is 59.2 Å². The molecule has 1 amide bonds. The average Bonchev–Trinajstić information content (AvgIpc) is 2.72. The van der Waals surface area contributed by atoms with Crippen LogP contribution in [0.5, 0.6) is 11.5 Å². The summed E-state index contributed by atoms with van der Waals surface area (Å²) in [6, 6.07) is 10.7. The number of carbonyl (C=O) groups is 1. The van der Waals surface area contributed by atoms with Crippen molar-refractivity contribution in [1.82, 2.24) is 9.80 Å². The number of alkyl halides is 3. The lowest BCUT2D eigenvalue weighted by Crippen LogP contribution is -2.48. The highest BCUT2D eigenvalue weighted by atomic mass is 19.4. The normalized spacial score (nSPS) is 15.3. The lowest BCUT2D eigenvalue weighted by atomic mass is 10.1. The van der Waals surface area contributed by atoms with Crippen LogP contribution in [0.2, 0.25) is 0 Å². The van der Waals surface area contributed by atoms with Gasteiger partial charge in [-0.3, -0.25) is 9.69 Å². The van der Waals surface area contributed by atoms with Crippen LogP contribution in [0, 0.1) is 0 Å². The molecule has 2 aromatic carbocycles. The second-order valence-corrected chi connectivity index (χ2v) is 6.76. The predicted octanol–water partition coefficient (Wildman–Crippen LogP) is 3.68. The quantitative estimate of drug-likeness (QED) is 0.757. The molecule has 3 rings (SSSR count). The van der Waals surface area contributed by atoms with E-state index in [2.05, 4.69) is 0 Å². The zero-order valence-corrected chi connectivity index (χ0v) is 16.3. The van der Waals surface area contributed by atoms with Gasteiger partial charge < -0.3 is 14.4 Å². The smallest absolute Gasteiger partial charge is 0.416 e. The molecule has 0 N–H and O–H groups in total. The van der Waals surface area contributed by atoms with Crippen LogP contribution in [0.25, 0.3) is 0 Å². The summed E-state index contributed by atoms with van der Waals surface area (Å²) in [5.74, 6) is 0.665. The highest BCUT2D eigenvalue weighted by Gasteiger charge is 2.33. The first kappa shape index (κ1) is 21.0. The molecule has 1 aliphatic rings. The Morgan fingerprint density at radius 2 is 1.66 bits per heavy atom. The monoisotopic (exact) mass is 408 g/mol. The predicted molar refractivity (Wildman–Crippen MR) is 102 cm³/mol. The molecule has 8 heteroatoms. The number of nitrogens with zero attached hydrogens (tertiary/aromatic N) is 2. The number of rotatable bonds is 5. The molecule has 1 saturated heterocycles. The zero-order valence-electron chi connectivity index (χ0n) is 16.3. The van der Waals surface area contributed by atoms with Crippen LogP contribution in [0.4, 0.5) is 13.2 Å². The van der Waals surface area contributed by atoms with Crippen LogP contribution in [-0.2, 0) is 12.7 Å². The Kier molecular flexibility index (Phi) is 6.32. The number of para-hydroxylation sites is 1. The number of benzene rings is 2. The Morgan fingerprint density at radius 3 is 2.28 bits per heavy atom. The average molecular weight is 408 g/mol. The standard InChI is InChI=1S/C21H23F3N2O3/c1-28-18-9-5-7-16(19(18)29-2)20(27)26-12-10-25(11-13-26)14-15-6-3-4-8-17(15)21(22,23)24/h3-9H,10-14H2,1-2H3. The second kappa shape index (κ2) is 8.73. The van der Waals surface area contributed by atoms with Crippen LogP contribution in [0.1, 0.15) is 21.5 Å². The van der Waals surface area contributed by atoms with Crippen LogP contribution < -0.4 is 9.47 Å². The number of ether oxygens (including phenoxy) is 2. The highest BCUT2D eigenvalue weighted by molar-refractivity contribution is 5.97. The van der Waals surface area contributed by atoms with E-state index in [0.717, 1.165) is 6.07 Å². The van der Waals surface area contributed by atoms with Gasteiger partial charge in [-0.15, -0.1) is 0 Å². The van der Waals surface area contributed by atoms with Crippen LogP contribution in [-0.4, -0.2) is 56.1 Å². The Balaban J connectivity index is 1.67.